The van der Waals surface area contributed by atoms with Gasteiger partial charge in [0.05, 0.1) is 0 Å². The van der Waals surface area contributed by atoms with E-state index in [1.165, 1.54) is 0 Å². The molecule has 0 aliphatic heterocycles. The highest BCUT2D eigenvalue weighted by Crippen LogP contribution is 1.94. The van der Waals surface area contributed by atoms with Crippen LogP contribution < -0.4 is 16.4 Å². The van der Waals surface area contributed by atoms with Crippen LogP contribution in [0.2, 0.25) is 0 Å². The summed E-state index contributed by atoms with van der Waals surface area (Å²) >= 11 is 5.08. The second kappa shape index (κ2) is 7.57. The summed E-state index contributed by atoms with van der Waals surface area (Å²) in [6.07, 6.45) is 3.15. The molecule has 0 amide bonds. The lowest BCUT2D eigenvalue weighted by Gasteiger charge is -2.11. The predicted molar refractivity (Wildman–Crippen MR) is 74.9 cm³/mol. The topological polar surface area (TPSA) is 84.6 Å². The molecule has 1 heterocycles. The Bertz CT molecular complexity index is 409. The summed E-state index contributed by atoms with van der Waals surface area (Å²) in [5.41, 5.74) is 6.72. The summed E-state index contributed by atoms with van der Waals surface area (Å²) in [7, 11) is 1.56. The van der Waals surface area contributed by atoms with Crippen molar-refractivity contribution in [2.45, 2.75) is 19.7 Å². The lowest BCUT2D eigenvalue weighted by Crippen LogP contribution is -2.43. The van der Waals surface area contributed by atoms with E-state index in [4.69, 9.17) is 22.7 Å². The fourth-order valence-electron chi connectivity index (χ4n) is 1.12. The third kappa shape index (κ3) is 5.55. The Morgan fingerprint density at radius 2 is 2.22 bits per heavy atom. The van der Waals surface area contributed by atoms with Gasteiger partial charge >= 0.3 is 0 Å². The molecule has 0 saturated carbocycles. The first-order valence-corrected chi connectivity index (χ1v) is 5.82. The molecule has 0 aromatic carbocycles. The Labute approximate surface area is 112 Å². The number of rotatable bonds is 4. The molecule has 0 saturated heterocycles. The van der Waals surface area contributed by atoms with Crippen LogP contribution >= 0.6 is 12.2 Å². The number of aliphatic imine (C=N–C) groups is 1. The zero-order valence-electron chi connectivity index (χ0n) is 10.4. The van der Waals surface area contributed by atoms with E-state index < -0.39 is 0 Å². The Kier molecular flexibility index (Phi) is 6.03. The first-order chi connectivity index (χ1) is 8.61. The molecular weight excluding hydrogens is 250 g/mol. The summed E-state index contributed by atoms with van der Waals surface area (Å²) < 4.78 is 4.95. The summed E-state index contributed by atoms with van der Waals surface area (Å²) in [6.45, 7) is 2.38. The zero-order chi connectivity index (χ0) is 13.4. The van der Waals surface area contributed by atoms with Crippen molar-refractivity contribution in [3.63, 3.8) is 0 Å². The van der Waals surface area contributed by atoms with Crippen molar-refractivity contribution >= 4 is 23.3 Å². The Morgan fingerprint density at radius 3 is 2.83 bits per heavy atom. The maximum absolute atomic E-state index is 5.64. The molecule has 18 heavy (non-hydrogen) atoms. The van der Waals surface area contributed by atoms with Gasteiger partial charge in [-0.2, -0.15) is 0 Å². The van der Waals surface area contributed by atoms with Gasteiger partial charge in [-0.25, -0.2) is 4.99 Å². The number of nitrogens with two attached hydrogens (primary N) is 1. The van der Waals surface area contributed by atoms with Crippen molar-refractivity contribution in [2.75, 3.05) is 7.11 Å². The van der Waals surface area contributed by atoms with E-state index in [1.54, 1.807) is 26.4 Å². The van der Waals surface area contributed by atoms with Gasteiger partial charge in [-0.3, -0.25) is 4.98 Å². The molecule has 0 aliphatic carbocycles. The maximum atomic E-state index is 5.64. The SMILES string of the molecule is COC(C)/N=C(\N)NC(=S)NCc1ccncc1. The molecule has 7 heteroatoms. The average Bonchev–Trinajstić information content (AvgIpc) is 2.37. The van der Waals surface area contributed by atoms with Crippen LogP contribution in [-0.4, -0.2) is 29.4 Å². The summed E-state index contributed by atoms with van der Waals surface area (Å²) in [6, 6.07) is 3.81. The number of ether oxygens (including phenoxy) is 1. The molecule has 4 N–H and O–H groups in total. The van der Waals surface area contributed by atoms with Crippen LogP contribution in [0.15, 0.2) is 29.5 Å². The van der Waals surface area contributed by atoms with Crippen LogP contribution in [0.5, 0.6) is 0 Å². The van der Waals surface area contributed by atoms with Gasteiger partial charge in [0.15, 0.2) is 11.1 Å². The molecule has 1 aromatic rings. The second-order valence-electron chi connectivity index (χ2n) is 3.51. The van der Waals surface area contributed by atoms with Crippen molar-refractivity contribution in [3.8, 4) is 0 Å². The first kappa shape index (κ1) is 14.3. The van der Waals surface area contributed by atoms with E-state index in [2.05, 4.69) is 20.6 Å². The molecule has 1 aromatic heterocycles. The largest absolute Gasteiger partial charge is 0.370 e. The number of hydrogen-bond donors (Lipinski definition) is 3. The fraction of sp³-hybridized carbons (Fsp3) is 0.364. The van der Waals surface area contributed by atoms with Crippen molar-refractivity contribution < 1.29 is 4.74 Å². The van der Waals surface area contributed by atoms with Gasteiger partial charge in [-0.1, -0.05) is 0 Å². The number of nitrogens with one attached hydrogen (secondary N) is 2. The molecule has 0 radical (unpaired) electrons. The summed E-state index contributed by atoms with van der Waals surface area (Å²) in [4.78, 5) is 7.95. The Morgan fingerprint density at radius 1 is 1.56 bits per heavy atom. The molecule has 0 aliphatic rings. The number of hydrogen-bond acceptors (Lipinski definition) is 4. The summed E-state index contributed by atoms with van der Waals surface area (Å²) in [5.74, 6) is 0.219. The van der Waals surface area contributed by atoms with Crippen LogP contribution in [-0.2, 0) is 11.3 Å². The molecule has 0 fully saturated rings. The second-order valence-corrected chi connectivity index (χ2v) is 3.92. The maximum Gasteiger partial charge on any atom is 0.197 e. The molecular formula is C11H17N5OS. The van der Waals surface area contributed by atoms with E-state index in [1.807, 2.05) is 12.1 Å². The van der Waals surface area contributed by atoms with Crippen molar-refractivity contribution in [2.24, 2.45) is 10.7 Å². The normalized spacial score (nSPS) is 12.9. The van der Waals surface area contributed by atoms with Crippen molar-refractivity contribution in [3.05, 3.63) is 30.1 Å². The molecule has 6 nitrogen and oxygen atoms in total. The van der Waals surface area contributed by atoms with Gasteiger partial charge in [0, 0.05) is 26.0 Å². The number of thiocarbonyl (C=S) groups is 1. The van der Waals surface area contributed by atoms with Gasteiger partial charge in [0.25, 0.3) is 0 Å². The molecule has 0 spiro atoms. The van der Waals surface area contributed by atoms with Crippen molar-refractivity contribution in [1.29, 1.82) is 0 Å². The number of nitrogens with zero attached hydrogens (tertiary/aromatic N) is 2. The standard InChI is InChI=1S/C11H17N5OS/c1-8(17-2)15-10(12)16-11(18)14-7-9-3-5-13-6-4-9/h3-6,8H,7H2,1-2H3,(H4,12,14,15,16,18). The van der Waals surface area contributed by atoms with E-state index >= 15 is 0 Å². The van der Waals surface area contributed by atoms with Gasteiger partial charge < -0.3 is 21.1 Å². The molecule has 1 atom stereocenters. The highest BCUT2D eigenvalue weighted by Gasteiger charge is 2.01. The third-order valence-electron chi connectivity index (χ3n) is 2.11. The van der Waals surface area contributed by atoms with Gasteiger partial charge in [0.1, 0.15) is 6.23 Å². The van der Waals surface area contributed by atoms with E-state index in [0.717, 1.165) is 5.56 Å². The summed E-state index contributed by atoms with van der Waals surface area (Å²) in [5, 5.41) is 6.19. The van der Waals surface area contributed by atoms with Crippen LogP contribution in [0.1, 0.15) is 12.5 Å². The van der Waals surface area contributed by atoms with Gasteiger partial charge in [0.2, 0.25) is 0 Å². The van der Waals surface area contributed by atoms with E-state index in [9.17, 15) is 0 Å². The third-order valence-corrected chi connectivity index (χ3v) is 2.35. The van der Waals surface area contributed by atoms with Crippen LogP contribution in [0.3, 0.4) is 0 Å². The molecule has 1 unspecified atom stereocenters. The monoisotopic (exact) mass is 267 g/mol. The lowest BCUT2D eigenvalue weighted by molar-refractivity contribution is 0.126. The highest BCUT2D eigenvalue weighted by atomic mass is 32.1. The molecule has 0 bridgehead atoms. The van der Waals surface area contributed by atoms with Crippen LogP contribution in [0, 0.1) is 0 Å². The Hall–Kier alpha value is -1.73. The zero-order valence-corrected chi connectivity index (χ0v) is 11.2. The number of methoxy groups -OCH3 is 1. The van der Waals surface area contributed by atoms with Gasteiger partial charge in [-0.05, 0) is 36.8 Å². The predicted octanol–water partition coefficient (Wildman–Crippen LogP) is 0.353. The molecule has 98 valence electrons. The van der Waals surface area contributed by atoms with Crippen molar-refractivity contribution in [1.82, 2.24) is 15.6 Å². The smallest absolute Gasteiger partial charge is 0.197 e. The lowest BCUT2D eigenvalue weighted by atomic mass is 10.3. The average molecular weight is 267 g/mol. The molecule has 1 rings (SSSR count). The quantitative estimate of drug-likeness (QED) is 0.415. The number of pyridine rings is 1. The minimum Gasteiger partial charge on any atom is -0.370 e. The van der Waals surface area contributed by atoms with E-state index in [0.29, 0.717) is 11.7 Å². The first-order valence-electron chi connectivity index (χ1n) is 5.41. The number of aromatic nitrogens is 1. The van der Waals surface area contributed by atoms with Gasteiger partial charge in [-0.15, -0.1) is 0 Å². The fourth-order valence-corrected chi connectivity index (χ4v) is 1.30. The van der Waals surface area contributed by atoms with Crippen LogP contribution in [0.25, 0.3) is 0 Å². The van der Waals surface area contributed by atoms with E-state index in [-0.39, 0.29) is 12.2 Å². The Balaban J connectivity index is 2.36. The number of guanidine groups is 1. The van der Waals surface area contributed by atoms with Crippen LogP contribution in [0.4, 0.5) is 0 Å². The minimum absolute atomic E-state index is 0.219. The minimum atomic E-state index is -0.305. The highest BCUT2D eigenvalue weighted by molar-refractivity contribution is 7.80.